The summed E-state index contributed by atoms with van der Waals surface area (Å²) in [7, 11) is 0. The summed E-state index contributed by atoms with van der Waals surface area (Å²) in [5.74, 6) is -0.833. The maximum atomic E-state index is 13.6. The second-order valence-corrected chi connectivity index (χ2v) is 6.69. The summed E-state index contributed by atoms with van der Waals surface area (Å²) in [5.41, 5.74) is 2.07. The standard InChI is InChI=1S/C23H17FO4/c1-14-13-18(27-15(2)25)11-12-20(14)23(16-7-9-17(24)10-8-16)21-6-4-3-5-19(21)22(26)28-23/h3-13H,1-2H3/t23-/m0/s1. The van der Waals surface area contributed by atoms with Gasteiger partial charge in [-0.05, 0) is 42.8 Å². The van der Waals surface area contributed by atoms with E-state index in [2.05, 4.69) is 0 Å². The minimum Gasteiger partial charge on any atom is -0.441 e. The molecule has 0 saturated carbocycles. The van der Waals surface area contributed by atoms with Crippen LogP contribution in [0.1, 0.15) is 39.5 Å². The SMILES string of the molecule is CC(=O)Oc1ccc([C@]2(c3ccc(F)cc3)OC(=O)c3ccccc32)c(C)c1. The molecule has 3 aromatic carbocycles. The Hall–Kier alpha value is -3.47. The molecule has 5 heteroatoms. The van der Waals surface area contributed by atoms with Crippen molar-refractivity contribution in [2.45, 2.75) is 19.4 Å². The zero-order valence-electron chi connectivity index (χ0n) is 15.4. The van der Waals surface area contributed by atoms with E-state index in [1.165, 1.54) is 19.1 Å². The Morgan fingerprint density at radius 1 is 1.00 bits per heavy atom. The van der Waals surface area contributed by atoms with Crippen LogP contribution in [0, 0.1) is 12.7 Å². The lowest BCUT2D eigenvalue weighted by atomic mass is 9.78. The Bertz CT molecular complexity index is 1090. The zero-order valence-corrected chi connectivity index (χ0v) is 15.4. The van der Waals surface area contributed by atoms with Gasteiger partial charge in [0.25, 0.3) is 0 Å². The number of halogens is 1. The molecule has 3 aromatic rings. The van der Waals surface area contributed by atoms with Crippen LogP contribution < -0.4 is 4.74 Å². The van der Waals surface area contributed by atoms with E-state index < -0.39 is 17.5 Å². The Kier molecular flexibility index (Phi) is 4.23. The van der Waals surface area contributed by atoms with Crippen LogP contribution >= 0.6 is 0 Å². The molecule has 4 nitrogen and oxygen atoms in total. The monoisotopic (exact) mass is 376 g/mol. The summed E-state index contributed by atoms with van der Waals surface area (Å²) >= 11 is 0. The first-order valence-electron chi connectivity index (χ1n) is 8.80. The van der Waals surface area contributed by atoms with Gasteiger partial charge in [-0.25, -0.2) is 9.18 Å². The highest BCUT2D eigenvalue weighted by atomic mass is 19.1. The van der Waals surface area contributed by atoms with Crippen molar-refractivity contribution in [3.05, 3.63) is 100 Å². The van der Waals surface area contributed by atoms with Crippen molar-refractivity contribution in [2.75, 3.05) is 0 Å². The molecule has 0 bridgehead atoms. The van der Waals surface area contributed by atoms with Crippen molar-refractivity contribution in [3.63, 3.8) is 0 Å². The zero-order chi connectivity index (χ0) is 19.9. The van der Waals surface area contributed by atoms with Gasteiger partial charge >= 0.3 is 11.9 Å². The number of cyclic esters (lactones) is 1. The second-order valence-electron chi connectivity index (χ2n) is 6.69. The molecule has 0 saturated heterocycles. The van der Waals surface area contributed by atoms with Gasteiger partial charge in [0, 0.05) is 23.6 Å². The van der Waals surface area contributed by atoms with Gasteiger partial charge in [-0.2, -0.15) is 0 Å². The van der Waals surface area contributed by atoms with Gasteiger partial charge in [0.2, 0.25) is 0 Å². The highest BCUT2D eigenvalue weighted by Crippen LogP contribution is 2.48. The molecule has 0 amide bonds. The Balaban J connectivity index is 1.97. The predicted molar refractivity (Wildman–Crippen MR) is 101 cm³/mol. The van der Waals surface area contributed by atoms with Crippen molar-refractivity contribution in [3.8, 4) is 5.75 Å². The first-order chi connectivity index (χ1) is 13.4. The Labute approximate surface area is 161 Å². The molecule has 0 aliphatic carbocycles. The van der Waals surface area contributed by atoms with E-state index in [0.717, 1.165) is 5.56 Å². The number of fused-ring (bicyclic) bond motifs is 1. The number of hydrogen-bond acceptors (Lipinski definition) is 4. The quantitative estimate of drug-likeness (QED) is 0.498. The number of hydrogen-bond donors (Lipinski definition) is 0. The Morgan fingerprint density at radius 2 is 1.71 bits per heavy atom. The highest BCUT2D eigenvalue weighted by molar-refractivity contribution is 5.96. The van der Waals surface area contributed by atoms with E-state index in [9.17, 15) is 14.0 Å². The number of rotatable bonds is 3. The second kappa shape index (κ2) is 6.60. The molecule has 1 atom stereocenters. The maximum absolute atomic E-state index is 13.6. The summed E-state index contributed by atoms with van der Waals surface area (Å²) < 4.78 is 24.7. The van der Waals surface area contributed by atoms with Gasteiger partial charge in [-0.3, -0.25) is 4.79 Å². The lowest BCUT2D eigenvalue weighted by Gasteiger charge is -2.31. The average Bonchev–Trinajstić information content (AvgIpc) is 2.96. The van der Waals surface area contributed by atoms with E-state index in [-0.39, 0.29) is 5.82 Å². The van der Waals surface area contributed by atoms with Crippen LogP contribution in [0.5, 0.6) is 5.75 Å². The average molecular weight is 376 g/mol. The van der Waals surface area contributed by atoms with Crippen LogP contribution in [0.25, 0.3) is 0 Å². The number of benzene rings is 3. The molecule has 1 aliphatic heterocycles. The fraction of sp³-hybridized carbons (Fsp3) is 0.130. The van der Waals surface area contributed by atoms with Crippen molar-refractivity contribution in [1.82, 2.24) is 0 Å². The molecular formula is C23H17FO4. The molecule has 0 radical (unpaired) electrons. The van der Waals surface area contributed by atoms with E-state index in [1.54, 1.807) is 42.5 Å². The third kappa shape index (κ3) is 2.76. The first kappa shape index (κ1) is 17.9. The van der Waals surface area contributed by atoms with Crippen LogP contribution in [0.15, 0.2) is 66.7 Å². The Morgan fingerprint density at radius 3 is 2.39 bits per heavy atom. The summed E-state index contributed by atoms with van der Waals surface area (Å²) in [4.78, 5) is 23.9. The van der Waals surface area contributed by atoms with Crippen LogP contribution in [0.3, 0.4) is 0 Å². The topological polar surface area (TPSA) is 52.6 Å². The van der Waals surface area contributed by atoms with Crippen LogP contribution in [0.2, 0.25) is 0 Å². The fourth-order valence-electron chi connectivity index (χ4n) is 3.73. The highest BCUT2D eigenvalue weighted by Gasteiger charge is 2.49. The molecule has 4 rings (SSSR count). The molecule has 0 unspecified atom stereocenters. The third-order valence-electron chi connectivity index (χ3n) is 4.86. The molecule has 0 fully saturated rings. The van der Waals surface area contributed by atoms with Gasteiger partial charge in [0.05, 0.1) is 5.56 Å². The van der Waals surface area contributed by atoms with Crippen molar-refractivity contribution in [2.24, 2.45) is 0 Å². The summed E-state index contributed by atoms with van der Waals surface area (Å²) in [6.07, 6.45) is 0. The summed E-state index contributed by atoms with van der Waals surface area (Å²) in [5, 5.41) is 0. The number of carbonyl (C=O) groups excluding carboxylic acids is 2. The van der Waals surface area contributed by atoms with E-state index in [0.29, 0.717) is 28.0 Å². The van der Waals surface area contributed by atoms with E-state index in [4.69, 9.17) is 9.47 Å². The largest absolute Gasteiger partial charge is 0.441 e. The number of aryl methyl sites for hydroxylation is 1. The number of esters is 2. The molecule has 1 aliphatic rings. The molecular weight excluding hydrogens is 359 g/mol. The predicted octanol–water partition coefficient (Wildman–Crippen LogP) is 4.52. The van der Waals surface area contributed by atoms with Crippen molar-refractivity contribution < 1.29 is 23.5 Å². The normalized spacial score (nSPS) is 17.8. The first-order valence-corrected chi connectivity index (χ1v) is 8.80. The molecule has 1 heterocycles. The van der Waals surface area contributed by atoms with E-state index >= 15 is 0 Å². The van der Waals surface area contributed by atoms with Crippen LogP contribution in [0.4, 0.5) is 4.39 Å². The minimum atomic E-state index is -1.21. The van der Waals surface area contributed by atoms with Crippen LogP contribution in [-0.2, 0) is 15.1 Å². The van der Waals surface area contributed by atoms with Crippen molar-refractivity contribution >= 4 is 11.9 Å². The smallest absolute Gasteiger partial charge is 0.340 e. The number of carbonyl (C=O) groups is 2. The molecule has 0 aromatic heterocycles. The molecule has 0 N–H and O–H groups in total. The lowest BCUT2D eigenvalue weighted by molar-refractivity contribution is -0.131. The van der Waals surface area contributed by atoms with Crippen LogP contribution in [-0.4, -0.2) is 11.9 Å². The maximum Gasteiger partial charge on any atom is 0.340 e. The number of ether oxygens (including phenoxy) is 2. The van der Waals surface area contributed by atoms with Gasteiger partial charge in [0.15, 0.2) is 5.60 Å². The molecule has 0 spiro atoms. The van der Waals surface area contributed by atoms with Gasteiger partial charge in [-0.1, -0.05) is 36.4 Å². The van der Waals surface area contributed by atoms with Gasteiger partial charge in [0.1, 0.15) is 11.6 Å². The van der Waals surface area contributed by atoms with Gasteiger partial charge < -0.3 is 9.47 Å². The van der Waals surface area contributed by atoms with E-state index in [1.807, 2.05) is 19.1 Å². The van der Waals surface area contributed by atoms with Crippen molar-refractivity contribution in [1.29, 1.82) is 0 Å². The molecule has 28 heavy (non-hydrogen) atoms. The fourth-order valence-corrected chi connectivity index (χ4v) is 3.73. The summed E-state index contributed by atoms with van der Waals surface area (Å²) in [6.45, 7) is 3.18. The third-order valence-corrected chi connectivity index (χ3v) is 4.86. The summed E-state index contributed by atoms with van der Waals surface area (Å²) in [6, 6.07) is 18.2. The minimum absolute atomic E-state index is 0.376. The molecule has 140 valence electrons. The van der Waals surface area contributed by atoms with Gasteiger partial charge in [-0.15, -0.1) is 0 Å². The lowest BCUT2D eigenvalue weighted by Crippen LogP contribution is -2.30.